The van der Waals surface area contributed by atoms with Gasteiger partial charge in [-0.05, 0) is 44.4 Å². The Labute approximate surface area is 177 Å². The standard InChI is InChI=1S/C23H31N3O4/c1-6-30-23(29)22-16(4)21(17(5)25-22)19(27)14-26(20(28)13-15(2)3)12-10-18-9-7-8-11-24-18/h7-9,11,15,25H,6,10,12-14H2,1-5H3. The van der Waals surface area contributed by atoms with Crippen LogP contribution in [0, 0.1) is 19.8 Å². The zero-order valence-electron chi connectivity index (χ0n) is 18.4. The third-order valence-electron chi connectivity index (χ3n) is 4.83. The molecule has 30 heavy (non-hydrogen) atoms. The molecule has 162 valence electrons. The highest BCUT2D eigenvalue weighted by atomic mass is 16.5. The van der Waals surface area contributed by atoms with Crippen molar-refractivity contribution in [3.05, 3.63) is 52.6 Å². The minimum absolute atomic E-state index is 0.0415. The number of ether oxygens (including phenoxy) is 1. The third-order valence-corrected chi connectivity index (χ3v) is 4.83. The molecule has 0 fully saturated rings. The number of aryl methyl sites for hydroxylation is 1. The predicted octanol–water partition coefficient (Wildman–Crippen LogP) is 3.50. The number of carbonyl (C=O) groups excluding carboxylic acids is 3. The lowest BCUT2D eigenvalue weighted by molar-refractivity contribution is -0.131. The van der Waals surface area contributed by atoms with E-state index in [9.17, 15) is 14.4 Å². The van der Waals surface area contributed by atoms with E-state index in [4.69, 9.17) is 4.74 Å². The van der Waals surface area contributed by atoms with Crippen LogP contribution in [-0.2, 0) is 16.0 Å². The molecule has 2 aromatic rings. The second-order valence-electron chi connectivity index (χ2n) is 7.75. The molecule has 0 saturated heterocycles. The Hall–Kier alpha value is -2.96. The average molecular weight is 414 g/mol. The molecule has 0 spiro atoms. The van der Waals surface area contributed by atoms with E-state index in [1.165, 1.54) is 0 Å². The lowest BCUT2D eigenvalue weighted by atomic mass is 10.0. The third kappa shape index (κ3) is 6.02. The van der Waals surface area contributed by atoms with Gasteiger partial charge < -0.3 is 14.6 Å². The number of aromatic amines is 1. The number of hydrogen-bond acceptors (Lipinski definition) is 5. The summed E-state index contributed by atoms with van der Waals surface area (Å²) in [6, 6.07) is 5.64. The van der Waals surface area contributed by atoms with Crippen molar-refractivity contribution in [2.24, 2.45) is 5.92 Å². The van der Waals surface area contributed by atoms with E-state index in [1.54, 1.807) is 31.9 Å². The fourth-order valence-electron chi connectivity index (χ4n) is 3.39. The van der Waals surface area contributed by atoms with Crippen LogP contribution in [0.15, 0.2) is 24.4 Å². The zero-order chi connectivity index (χ0) is 22.3. The summed E-state index contributed by atoms with van der Waals surface area (Å²) in [5, 5.41) is 0. The summed E-state index contributed by atoms with van der Waals surface area (Å²) in [6.45, 7) is 9.76. The number of nitrogens with one attached hydrogen (secondary N) is 1. The van der Waals surface area contributed by atoms with Crippen LogP contribution < -0.4 is 0 Å². The van der Waals surface area contributed by atoms with E-state index in [2.05, 4.69) is 9.97 Å². The lowest BCUT2D eigenvalue weighted by Gasteiger charge is -2.23. The number of esters is 1. The maximum Gasteiger partial charge on any atom is 0.355 e. The van der Waals surface area contributed by atoms with Gasteiger partial charge >= 0.3 is 5.97 Å². The van der Waals surface area contributed by atoms with Gasteiger partial charge in [-0.25, -0.2) is 4.79 Å². The first-order chi connectivity index (χ1) is 14.2. The van der Waals surface area contributed by atoms with Crippen LogP contribution in [0.1, 0.15) is 65.0 Å². The second-order valence-corrected chi connectivity index (χ2v) is 7.75. The molecule has 1 amide bonds. The Balaban J connectivity index is 2.20. The van der Waals surface area contributed by atoms with E-state index in [0.29, 0.717) is 36.2 Å². The molecule has 2 heterocycles. The van der Waals surface area contributed by atoms with Gasteiger partial charge in [-0.15, -0.1) is 0 Å². The normalized spacial score (nSPS) is 10.9. The first-order valence-corrected chi connectivity index (χ1v) is 10.3. The van der Waals surface area contributed by atoms with Crippen molar-refractivity contribution in [1.82, 2.24) is 14.9 Å². The van der Waals surface area contributed by atoms with Crippen LogP contribution in [0.4, 0.5) is 0 Å². The molecule has 2 aromatic heterocycles. The van der Waals surface area contributed by atoms with Crippen LogP contribution in [0.25, 0.3) is 0 Å². The van der Waals surface area contributed by atoms with Gasteiger partial charge in [0, 0.05) is 42.5 Å². The van der Waals surface area contributed by atoms with Gasteiger partial charge in [0.2, 0.25) is 5.91 Å². The lowest BCUT2D eigenvalue weighted by Crippen LogP contribution is -2.38. The monoisotopic (exact) mass is 413 g/mol. The van der Waals surface area contributed by atoms with Gasteiger partial charge in [-0.2, -0.15) is 0 Å². The van der Waals surface area contributed by atoms with Crippen LogP contribution in [0.2, 0.25) is 0 Å². The van der Waals surface area contributed by atoms with Crippen molar-refractivity contribution >= 4 is 17.7 Å². The van der Waals surface area contributed by atoms with E-state index < -0.39 is 5.97 Å². The van der Waals surface area contributed by atoms with Gasteiger partial charge in [0.25, 0.3) is 0 Å². The molecule has 0 atom stereocenters. The van der Waals surface area contributed by atoms with Crippen LogP contribution >= 0.6 is 0 Å². The van der Waals surface area contributed by atoms with Crippen molar-refractivity contribution in [2.45, 2.75) is 47.5 Å². The minimum Gasteiger partial charge on any atom is -0.461 e. The van der Waals surface area contributed by atoms with Crippen molar-refractivity contribution in [3.8, 4) is 0 Å². The molecule has 2 rings (SSSR count). The van der Waals surface area contributed by atoms with Crippen molar-refractivity contribution in [1.29, 1.82) is 0 Å². The topological polar surface area (TPSA) is 92.4 Å². The highest BCUT2D eigenvalue weighted by molar-refractivity contribution is 6.04. The Morgan fingerprint density at radius 2 is 1.93 bits per heavy atom. The molecular formula is C23H31N3O4. The Kier molecular flexibility index (Phi) is 8.33. The molecule has 0 bridgehead atoms. The van der Waals surface area contributed by atoms with Gasteiger partial charge in [-0.3, -0.25) is 14.6 Å². The molecule has 0 aliphatic heterocycles. The summed E-state index contributed by atoms with van der Waals surface area (Å²) in [5.41, 5.74) is 2.74. The van der Waals surface area contributed by atoms with Crippen LogP contribution in [-0.4, -0.2) is 52.2 Å². The molecule has 0 aliphatic carbocycles. The highest BCUT2D eigenvalue weighted by Gasteiger charge is 2.25. The average Bonchev–Trinajstić information content (AvgIpc) is 2.99. The summed E-state index contributed by atoms with van der Waals surface area (Å²) in [5.74, 6) is -0.559. The first-order valence-electron chi connectivity index (χ1n) is 10.3. The fraction of sp³-hybridized carbons (Fsp3) is 0.478. The van der Waals surface area contributed by atoms with Crippen molar-refractivity contribution in [3.63, 3.8) is 0 Å². The number of H-pyrrole nitrogens is 1. The predicted molar refractivity (Wildman–Crippen MR) is 115 cm³/mol. The number of rotatable bonds is 10. The number of nitrogens with zero attached hydrogens (tertiary/aromatic N) is 2. The number of carbonyl (C=O) groups is 3. The SMILES string of the molecule is CCOC(=O)c1[nH]c(C)c(C(=O)CN(CCc2ccccn2)C(=O)CC(C)C)c1C. The van der Waals surface area contributed by atoms with Crippen molar-refractivity contribution in [2.75, 3.05) is 19.7 Å². The van der Waals surface area contributed by atoms with Crippen LogP contribution in [0.3, 0.4) is 0 Å². The zero-order valence-corrected chi connectivity index (χ0v) is 18.4. The number of pyridine rings is 1. The summed E-state index contributed by atoms with van der Waals surface area (Å²) in [4.78, 5) is 46.9. The number of aromatic nitrogens is 2. The molecular weight excluding hydrogens is 382 g/mol. The van der Waals surface area contributed by atoms with Crippen molar-refractivity contribution < 1.29 is 19.1 Å². The van der Waals surface area contributed by atoms with E-state index in [1.807, 2.05) is 32.0 Å². The fourth-order valence-corrected chi connectivity index (χ4v) is 3.39. The van der Waals surface area contributed by atoms with Gasteiger partial charge in [0.05, 0.1) is 13.2 Å². The van der Waals surface area contributed by atoms with Gasteiger partial charge in [0.15, 0.2) is 5.78 Å². The number of hydrogen-bond donors (Lipinski definition) is 1. The molecule has 7 heteroatoms. The minimum atomic E-state index is -0.486. The smallest absolute Gasteiger partial charge is 0.355 e. The molecule has 0 unspecified atom stereocenters. The maximum absolute atomic E-state index is 13.1. The summed E-state index contributed by atoms with van der Waals surface area (Å²) in [7, 11) is 0. The van der Waals surface area contributed by atoms with Gasteiger partial charge in [-0.1, -0.05) is 19.9 Å². The number of ketones is 1. The summed E-state index contributed by atoms with van der Waals surface area (Å²) < 4.78 is 5.05. The second kappa shape index (κ2) is 10.7. The Morgan fingerprint density at radius 1 is 1.20 bits per heavy atom. The first kappa shape index (κ1) is 23.3. The van der Waals surface area contributed by atoms with Gasteiger partial charge in [0.1, 0.15) is 5.69 Å². The van der Waals surface area contributed by atoms with E-state index >= 15 is 0 Å². The molecule has 0 aliphatic rings. The quantitative estimate of drug-likeness (QED) is 0.475. The Morgan fingerprint density at radius 3 is 2.53 bits per heavy atom. The van der Waals surface area contributed by atoms with E-state index in [-0.39, 0.29) is 36.5 Å². The number of amides is 1. The molecule has 1 N–H and O–H groups in total. The number of Topliss-reactive ketones (excluding diaryl/α,β-unsaturated/α-hetero) is 1. The molecule has 0 radical (unpaired) electrons. The maximum atomic E-state index is 13.1. The molecule has 0 saturated carbocycles. The summed E-state index contributed by atoms with van der Waals surface area (Å²) in [6.07, 6.45) is 2.65. The largest absolute Gasteiger partial charge is 0.461 e. The van der Waals surface area contributed by atoms with Crippen LogP contribution in [0.5, 0.6) is 0 Å². The molecule has 0 aromatic carbocycles. The highest BCUT2D eigenvalue weighted by Crippen LogP contribution is 2.20. The Bertz CT molecular complexity index is 887. The van der Waals surface area contributed by atoms with E-state index in [0.717, 1.165) is 5.69 Å². The molecule has 7 nitrogen and oxygen atoms in total. The summed E-state index contributed by atoms with van der Waals surface area (Å²) >= 11 is 0.